The predicted octanol–water partition coefficient (Wildman–Crippen LogP) is -0.990. The third-order valence-corrected chi connectivity index (χ3v) is 2.82. The summed E-state index contributed by atoms with van der Waals surface area (Å²) in [7, 11) is -2.76. The Balaban J connectivity index is 4.41. The van der Waals surface area contributed by atoms with Crippen LogP contribution >= 0.6 is 0 Å². The summed E-state index contributed by atoms with van der Waals surface area (Å²) in [5.74, 6) is 0. The van der Waals surface area contributed by atoms with E-state index in [0.29, 0.717) is 4.31 Å². The molecule has 13 heavy (non-hydrogen) atoms. The van der Waals surface area contributed by atoms with Crippen molar-refractivity contribution in [2.75, 3.05) is 26.7 Å². The third kappa shape index (κ3) is 4.46. The highest BCUT2D eigenvalue weighted by Crippen LogP contribution is 2.02. The van der Waals surface area contributed by atoms with E-state index in [4.69, 9.17) is 5.11 Å². The zero-order chi connectivity index (χ0) is 10.5. The van der Waals surface area contributed by atoms with Gasteiger partial charge in [0.15, 0.2) is 0 Å². The number of aliphatic hydroxyl groups is 1. The van der Waals surface area contributed by atoms with Crippen LogP contribution < -0.4 is 4.72 Å². The molecule has 2 N–H and O–H groups in total. The summed E-state index contributed by atoms with van der Waals surface area (Å²) in [6, 6.07) is 0. The first-order valence-electron chi connectivity index (χ1n) is 3.51. The second-order valence-corrected chi connectivity index (χ2v) is 4.06. The minimum absolute atomic E-state index is 0.340. The lowest BCUT2D eigenvalue weighted by atomic mass is 10.6. The molecular formula is C5H12F2N2O3S. The molecule has 0 bridgehead atoms. The summed E-state index contributed by atoms with van der Waals surface area (Å²) in [5, 5.41) is 8.43. The molecule has 5 nitrogen and oxygen atoms in total. The smallest absolute Gasteiger partial charge is 0.279 e. The van der Waals surface area contributed by atoms with Crippen molar-refractivity contribution in [3.05, 3.63) is 0 Å². The fraction of sp³-hybridized carbons (Fsp3) is 1.00. The molecule has 0 unspecified atom stereocenters. The number of halogens is 2. The van der Waals surface area contributed by atoms with Crippen molar-refractivity contribution >= 4 is 10.2 Å². The van der Waals surface area contributed by atoms with Gasteiger partial charge in [-0.2, -0.15) is 12.7 Å². The molecule has 0 aromatic rings. The second kappa shape index (κ2) is 5.43. The maximum absolute atomic E-state index is 11.9. The van der Waals surface area contributed by atoms with Crippen molar-refractivity contribution in [3.8, 4) is 0 Å². The maximum Gasteiger partial charge on any atom is 0.279 e. The standard InChI is InChI=1S/C5H12F2N2O3S/c1-8-13(11,12)9(2-3-10)4-5(6)7/h5,8,10H,2-4H2,1H3. The molecule has 80 valence electrons. The van der Waals surface area contributed by atoms with Gasteiger partial charge in [-0.25, -0.2) is 13.5 Å². The van der Waals surface area contributed by atoms with Gasteiger partial charge >= 0.3 is 0 Å². The molecular weight excluding hydrogens is 206 g/mol. The predicted molar refractivity (Wildman–Crippen MR) is 42.6 cm³/mol. The monoisotopic (exact) mass is 218 g/mol. The number of hydrogen-bond acceptors (Lipinski definition) is 3. The van der Waals surface area contributed by atoms with Gasteiger partial charge in [0.05, 0.1) is 13.2 Å². The van der Waals surface area contributed by atoms with Gasteiger partial charge in [0.25, 0.3) is 16.6 Å². The van der Waals surface area contributed by atoms with Crippen molar-refractivity contribution in [2.45, 2.75) is 6.43 Å². The molecule has 0 aliphatic rings. The average Bonchev–Trinajstić information content (AvgIpc) is 2.03. The molecule has 0 spiro atoms. The Bertz CT molecular complexity index is 232. The van der Waals surface area contributed by atoms with Gasteiger partial charge in [-0.15, -0.1) is 0 Å². The van der Waals surface area contributed by atoms with Crippen LogP contribution in [-0.2, 0) is 10.2 Å². The fourth-order valence-electron chi connectivity index (χ4n) is 0.704. The first kappa shape index (κ1) is 12.7. The summed E-state index contributed by atoms with van der Waals surface area (Å²) >= 11 is 0. The number of alkyl halides is 2. The van der Waals surface area contributed by atoms with Gasteiger partial charge in [0, 0.05) is 13.6 Å². The van der Waals surface area contributed by atoms with Crippen LogP contribution in [0.4, 0.5) is 8.78 Å². The van der Waals surface area contributed by atoms with Crippen LogP contribution in [0.5, 0.6) is 0 Å². The lowest BCUT2D eigenvalue weighted by Gasteiger charge is -2.19. The van der Waals surface area contributed by atoms with E-state index in [-0.39, 0.29) is 6.54 Å². The van der Waals surface area contributed by atoms with E-state index in [1.54, 1.807) is 0 Å². The largest absolute Gasteiger partial charge is 0.395 e. The van der Waals surface area contributed by atoms with Gasteiger partial charge in [-0.05, 0) is 0 Å². The molecule has 0 amide bonds. The Morgan fingerprint density at radius 3 is 2.38 bits per heavy atom. The molecule has 0 heterocycles. The van der Waals surface area contributed by atoms with E-state index in [1.165, 1.54) is 0 Å². The van der Waals surface area contributed by atoms with Gasteiger partial charge in [0.2, 0.25) is 0 Å². The average molecular weight is 218 g/mol. The van der Waals surface area contributed by atoms with Crippen LogP contribution in [0.15, 0.2) is 0 Å². The number of nitrogens with zero attached hydrogens (tertiary/aromatic N) is 1. The molecule has 0 aromatic heterocycles. The Morgan fingerprint density at radius 2 is 2.08 bits per heavy atom. The molecule has 0 radical (unpaired) electrons. The number of rotatable bonds is 6. The highest BCUT2D eigenvalue weighted by atomic mass is 32.2. The summed E-state index contributed by atoms with van der Waals surface area (Å²) in [6.07, 6.45) is -2.75. The van der Waals surface area contributed by atoms with E-state index < -0.39 is 29.8 Å². The summed E-state index contributed by atoms with van der Waals surface area (Å²) < 4.78 is 48.1. The lowest BCUT2D eigenvalue weighted by molar-refractivity contribution is 0.112. The Kier molecular flexibility index (Phi) is 5.30. The number of hydrogen-bond donors (Lipinski definition) is 2. The van der Waals surface area contributed by atoms with Crippen LogP contribution in [0.1, 0.15) is 0 Å². The summed E-state index contributed by atoms with van der Waals surface area (Å²) in [4.78, 5) is 0. The van der Waals surface area contributed by atoms with Gasteiger partial charge in [-0.3, -0.25) is 0 Å². The van der Waals surface area contributed by atoms with E-state index in [2.05, 4.69) is 0 Å². The quantitative estimate of drug-likeness (QED) is 0.601. The first-order valence-corrected chi connectivity index (χ1v) is 4.95. The van der Waals surface area contributed by atoms with E-state index in [9.17, 15) is 17.2 Å². The first-order chi connectivity index (χ1) is 5.94. The zero-order valence-electron chi connectivity index (χ0n) is 7.07. The molecule has 0 aliphatic heterocycles. The van der Waals surface area contributed by atoms with Crippen LogP contribution in [-0.4, -0.2) is 51.0 Å². The number of aliphatic hydroxyl groups excluding tert-OH is 1. The SMILES string of the molecule is CNS(=O)(=O)N(CCO)CC(F)F. The summed E-state index contributed by atoms with van der Waals surface area (Å²) in [6.45, 7) is -1.75. The van der Waals surface area contributed by atoms with Crippen molar-refractivity contribution in [3.63, 3.8) is 0 Å². The highest BCUT2D eigenvalue weighted by Gasteiger charge is 2.22. The fourth-order valence-corrected chi connectivity index (χ4v) is 1.59. The van der Waals surface area contributed by atoms with Crippen LogP contribution in [0, 0.1) is 0 Å². The van der Waals surface area contributed by atoms with Crippen molar-refractivity contribution < 1.29 is 22.3 Å². The molecule has 0 aromatic carbocycles. The van der Waals surface area contributed by atoms with Crippen LogP contribution in [0.25, 0.3) is 0 Å². The van der Waals surface area contributed by atoms with Crippen molar-refractivity contribution in [1.29, 1.82) is 0 Å². The second-order valence-electron chi connectivity index (χ2n) is 2.18. The minimum Gasteiger partial charge on any atom is -0.395 e. The molecule has 0 rings (SSSR count). The maximum atomic E-state index is 11.9. The third-order valence-electron chi connectivity index (χ3n) is 1.29. The molecule has 0 atom stereocenters. The Hall–Kier alpha value is -0.310. The molecule has 0 saturated carbocycles. The van der Waals surface area contributed by atoms with E-state index >= 15 is 0 Å². The van der Waals surface area contributed by atoms with Crippen molar-refractivity contribution in [1.82, 2.24) is 9.03 Å². The van der Waals surface area contributed by atoms with Crippen molar-refractivity contribution in [2.24, 2.45) is 0 Å². The zero-order valence-corrected chi connectivity index (χ0v) is 7.89. The molecule has 0 aliphatic carbocycles. The molecule has 0 saturated heterocycles. The van der Waals surface area contributed by atoms with E-state index in [0.717, 1.165) is 7.05 Å². The van der Waals surface area contributed by atoms with Gasteiger partial charge in [-0.1, -0.05) is 0 Å². The number of nitrogens with one attached hydrogen (secondary N) is 1. The van der Waals surface area contributed by atoms with Gasteiger partial charge < -0.3 is 5.11 Å². The topological polar surface area (TPSA) is 69.6 Å². The lowest BCUT2D eigenvalue weighted by Crippen LogP contribution is -2.43. The normalized spacial score (nSPS) is 12.8. The summed E-state index contributed by atoms with van der Waals surface area (Å²) in [5.41, 5.74) is 0. The Morgan fingerprint density at radius 1 is 1.54 bits per heavy atom. The van der Waals surface area contributed by atoms with Gasteiger partial charge in [0.1, 0.15) is 0 Å². The minimum atomic E-state index is -3.87. The molecule has 8 heteroatoms. The Labute approximate surface area is 75.5 Å². The van der Waals surface area contributed by atoms with E-state index in [1.807, 2.05) is 4.72 Å². The molecule has 0 fully saturated rings. The van der Waals surface area contributed by atoms with Crippen LogP contribution in [0.3, 0.4) is 0 Å². The van der Waals surface area contributed by atoms with Crippen LogP contribution in [0.2, 0.25) is 0 Å². The highest BCUT2D eigenvalue weighted by molar-refractivity contribution is 7.87.